The molecule has 3 rings (SSSR count). The monoisotopic (exact) mass is 392 g/mol. The molecule has 4 heteroatoms. The van der Waals surface area contributed by atoms with Crippen LogP contribution in [-0.2, 0) is 4.79 Å². The first-order valence-electron chi connectivity index (χ1n) is 9.39. The van der Waals surface area contributed by atoms with Gasteiger partial charge in [-0.15, -0.1) is 0 Å². The number of amides is 1. The molecule has 3 aromatic rings. The van der Waals surface area contributed by atoms with Crippen LogP contribution in [0.5, 0.6) is 0 Å². The molecule has 0 aliphatic carbocycles. The minimum absolute atomic E-state index is 0.0942. The number of hydrogen-bond donors (Lipinski definition) is 2. The van der Waals surface area contributed by atoms with E-state index in [1.54, 1.807) is 0 Å². The van der Waals surface area contributed by atoms with Gasteiger partial charge in [0, 0.05) is 16.8 Å². The van der Waals surface area contributed by atoms with Crippen molar-refractivity contribution in [1.82, 2.24) is 5.32 Å². The van der Waals surface area contributed by atoms with Gasteiger partial charge >= 0.3 is 0 Å². The van der Waals surface area contributed by atoms with Crippen LogP contribution in [0.3, 0.4) is 0 Å². The van der Waals surface area contributed by atoms with Gasteiger partial charge in [0.25, 0.3) is 0 Å². The van der Waals surface area contributed by atoms with E-state index in [0.29, 0.717) is 5.02 Å². The highest BCUT2D eigenvalue weighted by atomic mass is 35.5. The topological polar surface area (TPSA) is 41.1 Å². The molecule has 0 spiro atoms. The Morgan fingerprint density at radius 2 is 1.61 bits per heavy atom. The van der Waals surface area contributed by atoms with Crippen LogP contribution < -0.4 is 10.6 Å². The Morgan fingerprint density at radius 3 is 2.32 bits per heavy atom. The van der Waals surface area contributed by atoms with Gasteiger partial charge in [0.05, 0.1) is 0 Å². The Bertz CT molecular complexity index is 956. The summed E-state index contributed by atoms with van der Waals surface area (Å²) in [4.78, 5) is 13.2. The zero-order valence-corrected chi connectivity index (χ0v) is 17.1. The van der Waals surface area contributed by atoms with E-state index in [9.17, 15) is 4.79 Å². The molecule has 0 unspecified atom stereocenters. The van der Waals surface area contributed by atoms with Crippen molar-refractivity contribution in [1.29, 1.82) is 0 Å². The number of carbonyl (C=O) groups excluding carboxylic acids is 1. The largest absolute Gasteiger partial charge is 0.324 e. The van der Waals surface area contributed by atoms with E-state index in [0.717, 1.165) is 27.9 Å². The Hall–Kier alpha value is -2.62. The summed E-state index contributed by atoms with van der Waals surface area (Å²) in [6, 6.07) is 22.9. The van der Waals surface area contributed by atoms with E-state index in [-0.39, 0.29) is 11.9 Å². The van der Waals surface area contributed by atoms with E-state index in [4.69, 9.17) is 11.6 Å². The third-order valence-corrected chi connectivity index (χ3v) is 5.18. The van der Waals surface area contributed by atoms with Crippen molar-refractivity contribution in [3.05, 3.63) is 100 Å². The van der Waals surface area contributed by atoms with Crippen molar-refractivity contribution in [2.45, 2.75) is 32.9 Å². The highest BCUT2D eigenvalue weighted by molar-refractivity contribution is 6.31. The molecule has 2 atom stereocenters. The molecule has 1 amide bonds. The molecule has 0 aliphatic heterocycles. The number of anilines is 1. The molecule has 0 aliphatic rings. The van der Waals surface area contributed by atoms with Crippen molar-refractivity contribution in [2.75, 3.05) is 5.32 Å². The second-order valence-corrected chi connectivity index (χ2v) is 7.47. The molecule has 28 heavy (non-hydrogen) atoms. The third kappa shape index (κ3) is 4.80. The molecule has 0 heterocycles. The van der Waals surface area contributed by atoms with Crippen molar-refractivity contribution in [2.24, 2.45) is 0 Å². The zero-order chi connectivity index (χ0) is 20.1. The summed E-state index contributed by atoms with van der Waals surface area (Å²) in [6.45, 7) is 6.02. The number of carbonyl (C=O) groups is 1. The fraction of sp³-hybridized carbons (Fsp3) is 0.208. The normalized spacial score (nSPS) is 13.0. The van der Waals surface area contributed by atoms with Gasteiger partial charge < -0.3 is 5.32 Å². The van der Waals surface area contributed by atoms with Gasteiger partial charge in [0.1, 0.15) is 6.04 Å². The van der Waals surface area contributed by atoms with E-state index in [2.05, 4.69) is 10.6 Å². The van der Waals surface area contributed by atoms with Gasteiger partial charge in [0.2, 0.25) is 5.91 Å². The minimum atomic E-state index is -0.507. The van der Waals surface area contributed by atoms with Crippen molar-refractivity contribution < 1.29 is 4.79 Å². The molecule has 0 saturated carbocycles. The fourth-order valence-electron chi connectivity index (χ4n) is 3.21. The average molecular weight is 393 g/mol. The molecule has 0 bridgehead atoms. The van der Waals surface area contributed by atoms with E-state index < -0.39 is 6.04 Å². The van der Waals surface area contributed by atoms with Crippen molar-refractivity contribution in [3.8, 4) is 0 Å². The molecule has 0 aromatic heterocycles. The summed E-state index contributed by atoms with van der Waals surface area (Å²) in [6.07, 6.45) is 0. The van der Waals surface area contributed by atoms with Crippen LogP contribution in [-0.4, -0.2) is 5.91 Å². The summed E-state index contributed by atoms with van der Waals surface area (Å²) >= 11 is 6.36. The second-order valence-electron chi connectivity index (χ2n) is 7.06. The molecule has 3 aromatic carbocycles. The van der Waals surface area contributed by atoms with Gasteiger partial charge in [-0.05, 0) is 55.2 Å². The Balaban J connectivity index is 1.88. The zero-order valence-electron chi connectivity index (χ0n) is 16.4. The fourth-order valence-corrected chi connectivity index (χ4v) is 3.51. The molecule has 3 nitrogen and oxygen atoms in total. The lowest BCUT2D eigenvalue weighted by atomic mass is 10.0. The molecule has 2 N–H and O–H groups in total. The van der Waals surface area contributed by atoms with Gasteiger partial charge in [-0.3, -0.25) is 10.1 Å². The van der Waals surface area contributed by atoms with E-state index >= 15 is 0 Å². The Morgan fingerprint density at radius 1 is 0.929 bits per heavy atom. The molecule has 0 radical (unpaired) electrons. The van der Waals surface area contributed by atoms with Gasteiger partial charge in [-0.2, -0.15) is 0 Å². The van der Waals surface area contributed by atoms with Crippen LogP contribution in [0.15, 0.2) is 72.8 Å². The SMILES string of the molecule is Cc1ccc(C)c(NC(=O)[C@H](N[C@H](C)c2ccccc2Cl)c2ccccc2)c1. The number of hydrogen-bond acceptors (Lipinski definition) is 2. The number of nitrogens with one attached hydrogen (secondary N) is 2. The summed E-state index contributed by atoms with van der Waals surface area (Å²) in [5, 5.41) is 7.22. The molecule has 0 saturated heterocycles. The average Bonchev–Trinajstić information content (AvgIpc) is 2.69. The molecule has 144 valence electrons. The lowest BCUT2D eigenvalue weighted by Crippen LogP contribution is -2.35. The van der Waals surface area contributed by atoms with Gasteiger partial charge in [0.15, 0.2) is 0 Å². The van der Waals surface area contributed by atoms with Crippen LogP contribution in [0.1, 0.15) is 41.3 Å². The van der Waals surface area contributed by atoms with E-state index in [1.807, 2.05) is 93.6 Å². The lowest BCUT2D eigenvalue weighted by molar-refractivity contribution is -0.118. The first kappa shape index (κ1) is 20.1. The van der Waals surface area contributed by atoms with Crippen LogP contribution in [0, 0.1) is 13.8 Å². The standard InChI is InChI=1S/C24H25ClN2O/c1-16-13-14-17(2)22(15-16)27-24(28)23(19-9-5-4-6-10-19)26-18(3)20-11-7-8-12-21(20)25/h4-15,18,23,26H,1-3H3,(H,27,28)/t18-,23-/m1/s1. The van der Waals surface area contributed by atoms with Crippen molar-refractivity contribution in [3.63, 3.8) is 0 Å². The van der Waals surface area contributed by atoms with Crippen LogP contribution >= 0.6 is 11.6 Å². The first-order chi connectivity index (χ1) is 13.5. The Labute approximate surface area is 171 Å². The maximum Gasteiger partial charge on any atom is 0.246 e. The summed E-state index contributed by atoms with van der Waals surface area (Å²) < 4.78 is 0. The lowest BCUT2D eigenvalue weighted by Gasteiger charge is -2.24. The van der Waals surface area contributed by atoms with Gasteiger partial charge in [-0.1, -0.05) is 72.3 Å². The Kier molecular flexibility index (Phi) is 6.50. The number of aryl methyl sites for hydroxylation is 2. The predicted octanol–water partition coefficient (Wildman–Crippen LogP) is 5.99. The second kappa shape index (κ2) is 9.05. The molecule has 0 fully saturated rings. The smallest absolute Gasteiger partial charge is 0.246 e. The first-order valence-corrected chi connectivity index (χ1v) is 9.77. The number of halogens is 1. The van der Waals surface area contributed by atoms with Crippen LogP contribution in [0.2, 0.25) is 5.02 Å². The third-order valence-electron chi connectivity index (χ3n) is 4.83. The van der Waals surface area contributed by atoms with Gasteiger partial charge in [-0.25, -0.2) is 0 Å². The maximum absolute atomic E-state index is 13.2. The van der Waals surface area contributed by atoms with Crippen molar-refractivity contribution >= 4 is 23.2 Å². The predicted molar refractivity (Wildman–Crippen MR) is 117 cm³/mol. The molecular formula is C24H25ClN2O. The summed E-state index contributed by atoms with van der Waals surface area (Å²) in [5.74, 6) is -0.0983. The summed E-state index contributed by atoms with van der Waals surface area (Å²) in [5.41, 5.74) is 4.84. The summed E-state index contributed by atoms with van der Waals surface area (Å²) in [7, 11) is 0. The van der Waals surface area contributed by atoms with E-state index in [1.165, 1.54) is 0 Å². The highest BCUT2D eigenvalue weighted by Gasteiger charge is 2.24. The highest BCUT2D eigenvalue weighted by Crippen LogP contribution is 2.26. The quantitative estimate of drug-likeness (QED) is 0.541. The van der Waals surface area contributed by atoms with Crippen LogP contribution in [0.25, 0.3) is 0 Å². The van der Waals surface area contributed by atoms with Crippen LogP contribution in [0.4, 0.5) is 5.69 Å². The minimum Gasteiger partial charge on any atom is -0.324 e. The number of rotatable bonds is 6. The number of benzene rings is 3. The molecular weight excluding hydrogens is 368 g/mol. The maximum atomic E-state index is 13.2.